The fourth-order valence-electron chi connectivity index (χ4n) is 0.928. The van der Waals surface area contributed by atoms with Crippen LogP contribution in [0.1, 0.15) is 12.6 Å². The minimum absolute atomic E-state index is 0.355. The molecule has 0 saturated heterocycles. The first-order valence-electron chi connectivity index (χ1n) is 3.78. The van der Waals surface area contributed by atoms with Crippen molar-refractivity contribution in [2.24, 2.45) is 0 Å². The summed E-state index contributed by atoms with van der Waals surface area (Å²) in [6.45, 7) is 4.00. The van der Waals surface area contributed by atoms with E-state index in [-0.39, 0.29) is 6.09 Å². The topological polar surface area (TPSA) is 31.2 Å². The third-order valence-corrected chi connectivity index (χ3v) is 3.73. The molecule has 0 N–H and O–H groups in total. The van der Waals surface area contributed by atoms with E-state index in [0.29, 0.717) is 6.61 Å². The average molecular weight is 311 g/mol. The van der Waals surface area contributed by atoms with Crippen LogP contribution in [-0.2, 0) is 4.74 Å². The van der Waals surface area contributed by atoms with Gasteiger partial charge in [0, 0.05) is 11.9 Å². The highest BCUT2D eigenvalue weighted by Gasteiger charge is 2.13. The van der Waals surface area contributed by atoms with Crippen molar-refractivity contribution in [1.82, 2.24) is 4.57 Å². The Morgan fingerprint density at radius 3 is 2.62 bits per heavy atom. The molecule has 3 nitrogen and oxygen atoms in total. The van der Waals surface area contributed by atoms with Crippen molar-refractivity contribution in [3.8, 4) is 0 Å². The van der Waals surface area contributed by atoms with Gasteiger partial charge in [0.25, 0.3) is 0 Å². The van der Waals surface area contributed by atoms with Gasteiger partial charge in [-0.2, -0.15) is 0 Å². The molecule has 0 bridgehead atoms. The van der Waals surface area contributed by atoms with E-state index in [0.717, 1.165) is 14.6 Å². The van der Waals surface area contributed by atoms with Gasteiger partial charge in [0.1, 0.15) is 0 Å². The smallest absolute Gasteiger partial charge is 0.418 e. The Kier molecular flexibility index (Phi) is 3.55. The molecule has 0 aliphatic rings. The number of nitrogens with zero attached hydrogens (tertiary/aromatic N) is 1. The number of carbonyl (C=O) groups excluding carboxylic acids is 1. The molecule has 0 radical (unpaired) electrons. The molecule has 1 rings (SSSR count). The van der Waals surface area contributed by atoms with Crippen molar-refractivity contribution in [1.29, 1.82) is 0 Å². The Bertz CT molecular complexity index is 333. The number of carbonyl (C=O) groups is 1. The molecule has 1 heterocycles. The number of hydrogen-bond donors (Lipinski definition) is 0. The predicted octanol–water partition coefficient (Wildman–Crippen LogP) is 3.33. The van der Waals surface area contributed by atoms with Gasteiger partial charge in [-0.15, -0.1) is 0 Å². The van der Waals surface area contributed by atoms with Gasteiger partial charge < -0.3 is 4.74 Å². The van der Waals surface area contributed by atoms with E-state index in [1.807, 2.05) is 6.92 Å². The van der Waals surface area contributed by atoms with E-state index in [4.69, 9.17) is 4.74 Å². The largest absolute Gasteiger partial charge is 0.449 e. The van der Waals surface area contributed by atoms with Gasteiger partial charge in [0.05, 0.1) is 15.6 Å². The van der Waals surface area contributed by atoms with E-state index in [1.54, 1.807) is 13.1 Å². The first kappa shape index (κ1) is 10.8. The highest BCUT2D eigenvalue weighted by molar-refractivity contribution is 9.13. The summed E-state index contributed by atoms with van der Waals surface area (Å²) in [6.07, 6.45) is 1.32. The third-order valence-electron chi connectivity index (χ3n) is 1.60. The van der Waals surface area contributed by atoms with Crippen molar-refractivity contribution in [2.75, 3.05) is 6.61 Å². The summed E-state index contributed by atoms with van der Waals surface area (Å²) in [5.41, 5.74) is 0.824. The molecule has 13 heavy (non-hydrogen) atoms. The van der Waals surface area contributed by atoms with Crippen LogP contribution < -0.4 is 0 Å². The zero-order chi connectivity index (χ0) is 10.0. The number of ether oxygens (including phenoxy) is 1. The Hall–Kier alpha value is -0.290. The Morgan fingerprint density at radius 1 is 1.62 bits per heavy atom. The second-order valence-corrected chi connectivity index (χ2v) is 4.09. The predicted molar refractivity (Wildman–Crippen MR) is 57.0 cm³/mol. The van der Waals surface area contributed by atoms with E-state index in [1.165, 1.54) is 4.57 Å². The molecule has 1 aromatic heterocycles. The summed E-state index contributed by atoms with van der Waals surface area (Å²) in [5.74, 6) is 0. The number of hydrogen-bond acceptors (Lipinski definition) is 2. The standard InChI is InChI=1S/C8H9Br2NO2/c1-3-13-8(12)11-4-6(9)7(10)5(11)2/h4H,3H2,1-2H3. The van der Waals surface area contributed by atoms with Crippen molar-refractivity contribution >= 4 is 38.0 Å². The molecule has 0 saturated carbocycles. The molecular weight excluding hydrogens is 302 g/mol. The molecule has 5 heteroatoms. The second-order valence-electron chi connectivity index (χ2n) is 2.45. The van der Waals surface area contributed by atoms with Gasteiger partial charge in [0.2, 0.25) is 0 Å². The summed E-state index contributed by atoms with van der Waals surface area (Å²) >= 11 is 6.65. The van der Waals surface area contributed by atoms with Crippen molar-refractivity contribution in [3.63, 3.8) is 0 Å². The Balaban J connectivity index is 3.01. The first-order chi connectivity index (χ1) is 6.07. The van der Waals surface area contributed by atoms with E-state index in [9.17, 15) is 4.79 Å². The molecule has 0 unspecified atom stereocenters. The van der Waals surface area contributed by atoms with Gasteiger partial charge in [-0.05, 0) is 45.7 Å². The third kappa shape index (κ3) is 2.14. The first-order valence-corrected chi connectivity index (χ1v) is 5.36. The van der Waals surface area contributed by atoms with Crippen molar-refractivity contribution in [3.05, 3.63) is 20.8 Å². The molecule has 0 fully saturated rings. The number of halogens is 2. The SMILES string of the molecule is CCOC(=O)n1cc(Br)c(Br)c1C. The van der Waals surface area contributed by atoms with Crippen LogP contribution in [0.4, 0.5) is 4.79 Å². The van der Waals surface area contributed by atoms with Gasteiger partial charge in [0.15, 0.2) is 0 Å². The lowest BCUT2D eigenvalue weighted by Gasteiger charge is -2.03. The molecular formula is C8H9Br2NO2. The maximum atomic E-state index is 11.3. The maximum absolute atomic E-state index is 11.3. The molecule has 0 aromatic carbocycles. The lowest BCUT2D eigenvalue weighted by atomic mass is 10.5. The van der Waals surface area contributed by atoms with E-state index in [2.05, 4.69) is 31.9 Å². The average Bonchev–Trinajstić information content (AvgIpc) is 2.33. The molecule has 1 aromatic rings. The highest BCUT2D eigenvalue weighted by Crippen LogP contribution is 2.28. The van der Waals surface area contributed by atoms with Crippen LogP contribution in [0, 0.1) is 6.92 Å². The fraction of sp³-hybridized carbons (Fsp3) is 0.375. The molecule has 0 amide bonds. The van der Waals surface area contributed by atoms with Crippen LogP contribution in [0.25, 0.3) is 0 Å². The van der Waals surface area contributed by atoms with Crippen LogP contribution in [0.3, 0.4) is 0 Å². The molecule has 0 aliphatic heterocycles. The van der Waals surface area contributed by atoms with Gasteiger partial charge in [-0.1, -0.05) is 0 Å². The molecule has 0 atom stereocenters. The Morgan fingerprint density at radius 2 is 2.23 bits per heavy atom. The Labute approximate surface area is 93.3 Å². The fourth-order valence-corrected chi connectivity index (χ4v) is 1.71. The summed E-state index contributed by atoms with van der Waals surface area (Å²) in [7, 11) is 0. The summed E-state index contributed by atoms with van der Waals surface area (Å²) in [4.78, 5) is 11.3. The number of rotatable bonds is 1. The van der Waals surface area contributed by atoms with Crippen LogP contribution in [0.2, 0.25) is 0 Å². The summed E-state index contributed by atoms with van der Waals surface area (Å²) in [5, 5.41) is 0. The zero-order valence-corrected chi connectivity index (χ0v) is 10.5. The highest BCUT2D eigenvalue weighted by atomic mass is 79.9. The molecule has 0 spiro atoms. The normalized spacial score (nSPS) is 10.2. The van der Waals surface area contributed by atoms with Gasteiger partial charge in [-0.3, -0.25) is 4.57 Å². The van der Waals surface area contributed by atoms with Gasteiger partial charge in [-0.25, -0.2) is 4.79 Å². The quantitative estimate of drug-likeness (QED) is 0.796. The lowest BCUT2D eigenvalue weighted by Crippen LogP contribution is -2.13. The van der Waals surface area contributed by atoms with Crippen LogP contribution >= 0.6 is 31.9 Å². The van der Waals surface area contributed by atoms with E-state index < -0.39 is 0 Å². The van der Waals surface area contributed by atoms with Crippen LogP contribution in [-0.4, -0.2) is 17.3 Å². The zero-order valence-electron chi connectivity index (χ0n) is 7.30. The van der Waals surface area contributed by atoms with Crippen molar-refractivity contribution < 1.29 is 9.53 Å². The minimum atomic E-state index is -0.355. The molecule has 0 aliphatic carbocycles. The monoisotopic (exact) mass is 309 g/mol. The number of aromatic nitrogens is 1. The maximum Gasteiger partial charge on any atom is 0.418 e. The van der Waals surface area contributed by atoms with Gasteiger partial charge >= 0.3 is 6.09 Å². The summed E-state index contributed by atoms with van der Waals surface area (Å²) < 4.78 is 8.04. The van der Waals surface area contributed by atoms with Crippen molar-refractivity contribution in [2.45, 2.75) is 13.8 Å². The minimum Gasteiger partial charge on any atom is -0.449 e. The van der Waals surface area contributed by atoms with E-state index >= 15 is 0 Å². The lowest BCUT2D eigenvalue weighted by molar-refractivity contribution is 0.153. The van der Waals surface area contributed by atoms with Crippen LogP contribution in [0.15, 0.2) is 15.1 Å². The summed E-state index contributed by atoms with van der Waals surface area (Å²) in [6, 6.07) is 0. The second kappa shape index (κ2) is 4.28. The molecule has 72 valence electrons. The van der Waals surface area contributed by atoms with Crippen LogP contribution in [0.5, 0.6) is 0 Å².